The molecule has 0 aliphatic rings. The summed E-state index contributed by atoms with van der Waals surface area (Å²) in [5.41, 5.74) is 0. The number of aromatic nitrogens is 1. The van der Waals surface area contributed by atoms with E-state index in [0.29, 0.717) is 3.79 Å². The average molecular weight is 372 g/mol. The highest BCUT2D eigenvalue weighted by Gasteiger charge is 2.20. The molecule has 96 valence electrons. The summed E-state index contributed by atoms with van der Waals surface area (Å²) >= 11 is 9.99. The van der Waals surface area contributed by atoms with Gasteiger partial charge in [0, 0.05) is 0 Å². The number of halogens is 3. The summed E-state index contributed by atoms with van der Waals surface area (Å²) in [5, 5.41) is 0.113. The van der Waals surface area contributed by atoms with E-state index in [0.717, 1.165) is 23.5 Å². The topological polar surface area (TPSA) is 59.1 Å². The average Bonchev–Trinajstić information content (AvgIpc) is 2.66. The Morgan fingerprint density at radius 1 is 1.44 bits per heavy atom. The first-order valence-electron chi connectivity index (χ1n) is 4.48. The molecule has 1 aromatic heterocycles. The summed E-state index contributed by atoms with van der Waals surface area (Å²) in [7, 11) is -3.95. The Hall–Kier alpha value is -0.700. The molecule has 4 nitrogen and oxygen atoms in total. The molecule has 2 rings (SSSR count). The molecule has 0 bridgehead atoms. The number of rotatable bonds is 3. The highest BCUT2D eigenvalue weighted by molar-refractivity contribution is 9.11. The second-order valence-corrected chi connectivity index (χ2v) is 7.62. The zero-order valence-corrected chi connectivity index (χ0v) is 12.5. The minimum Gasteiger partial charge on any atom is -0.255 e. The van der Waals surface area contributed by atoms with Crippen molar-refractivity contribution < 1.29 is 12.8 Å². The molecule has 0 unspecified atom stereocenters. The van der Waals surface area contributed by atoms with Crippen molar-refractivity contribution in [1.82, 2.24) is 4.98 Å². The standard InChI is InChI=1S/C9H5BrClFN2O2S2/c10-8-4-13-9(17-8)14-18(15,16)7-3-5(12)1-2-6(7)11/h1-4H,(H,13,14). The molecule has 0 saturated carbocycles. The Morgan fingerprint density at radius 3 is 2.78 bits per heavy atom. The lowest BCUT2D eigenvalue weighted by atomic mass is 10.3. The maximum Gasteiger partial charge on any atom is 0.265 e. The summed E-state index contributed by atoms with van der Waals surface area (Å²) in [5.74, 6) is -0.680. The fourth-order valence-electron chi connectivity index (χ4n) is 1.15. The van der Waals surface area contributed by atoms with Gasteiger partial charge in [0.15, 0.2) is 5.13 Å². The van der Waals surface area contributed by atoms with E-state index in [4.69, 9.17) is 11.6 Å². The van der Waals surface area contributed by atoms with Gasteiger partial charge in [-0.2, -0.15) is 0 Å². The van der Waals surface area contributed by atoms with E-state index in [9.17, 15) is 12.8 Å². The van der Waals surface area contributed by atoms with Crippen molar-refractivity contribution in [3.63, 3.8) is 0 Å². The van der Waals surface area contributed by atoms with Crippen LogP contribution in [-0.2, 0) is 10.0 Å². The molecule has 18 heavy (non-hydrogen) atoms. The van der Waals surface area contributed by atoms with Gasteiger partial charge in [0.05, 0.1) is 15.0 Å². The monoisotopic (exact) mass is 370 g/mol. The number of benzene rings is 1. The van der Waals surface area contributed by atoms with Crippen LogP contribution in [0.1, 0.15) is 0 Å². The molecule has 1 heterocycles. The molecule has 0 saturated heterocycles. The van der Waals surface area contributed by atoms with Crippen LogP contribution in [0.2, 0.25) is 5.02 Å². The van der Waals surface area contributed by atoms with E-state index in [1.807, 2.05) is 0 Å². The quantitative estimate of drug-likeness (QED) is 0.898. The lowest BCUT2D eigenvalue weighted by Crippen LogP contribution is -2.13. The normalized spacial score (nSPS) is 11.5. The summed E-state index contributed by atoms with van der Waals surface area (Å²) in [6.07, 6.45) is 1.45. The van der Waals surface area contributed by atoms with Crippen LogP contribution in [0.4, 0.5) is 9.52 Å². The molecule has 0 atom stereocenters. The number of hydrogen-bond acceptors (Lipinski definition) is 4. The molecular formula is C9H5BrClFN2O2S2. The SMILES string of the molecule is O=S(=O)(Nc1ncc(Br)s1)c1cc(F)ccc1Cl. The third kappa shape index (κ3) is 3.00. The van der Waals surface area contributed by atoms with Gasteiger partial charge in [0.1, 0.15) is 10.7 Å². The summed E-state index contributed by atoms with van der Waals surface area (Å²) in [6, 6.07) is 3.12. The lowest BCUT2D eigenvalue weighted by Gasteiger charge is -2.06. The number of hydrogen-bond donors (Lipinski definition) is 1. The van der Waals surface area contributed by atoms with E-state index in [-0.39, 0.29) is 15.0 Å². The van der Waals surface area contributed by atoms with Gasteiger partial charge in [0.25, 0.3) is 10.0 Å². The van der Waals surface area contributed by atoms with Crippen molar-refractivity contribution in [1.29, 1.82) is 0 Å². The van der Waals surface area contributed by atoms with Crippen molar-refractivity contribution in [2.45, 2.75) is 4.90 Å². The number of anilines is 1. The first-order valence-corrected chi connectivity index (χ1v) is 7.95. The van der Waals surface area contributed by atoms with Crippen LogP contribution < -0.4 is 4.72 Å². The molecular weight excluding hydrogens is 367 g/mol. The Labute approximate surface area is 120 Å². The lowest BCUT2D eigenvalue weighted by molar-refractivity contribution is 0.595. The number of nitrogens with one attached hydrogen (secondary N) is 1. The molecule has 0 spiro atoms. The second-order valence-electron chi connectivity index (χ2n) is 3.15. The minimum atomic E-state index is -3.95. The summed E-state index contributed by atoms with van der Waals surface area (Å²) in [4.78, 5) is 3.50. The van der Waals surface area contributed by atoms with Crippen LogP contribution in [0.3, 0.4) is 0 Å². The van der Waals surface area contributed by atoms with Crippen molar-refractivity contribution in [3.8, 4) is 0 Å². The first kappa shape index (κ1) is 13.7. The van der Waals surface area contributed by atoms with Gasteiger partial charge in [-0.15, -0.1) is 0 Å². The highest BCUT2D eigenvalue weighted by Crippen LogP contribution is 2.28. The van der Waals surface area contributed by atoms with Crippen molar-refractivity contribution >= 4 is 54.0 Å². The van der Waals surface area contributed by atoms with Gasteiger partial charge in [-0.3, -0.25) is 4.72 Å². The van der Waals surface area contributed by atoms with Crippen LogP contribution in [0.25, 0.3) is 0 Å². The predicted molar refractivity (Wildman–Crippen MR) is 72.0 cm³/mol. The molecule has 0 radical (unpaired) electrons. The zero-order valence-electron chi connectivity index (χ0n) is 8.52. The van der Waals surface area contributed by atoms with Crippen LogP contribution in [0.5, 0.6) is 0 Å². The Morgan fingerprint density at radius 2 is 2.17 bits per heavy atom. The number of nitrogens with zero attached hydrogens (tertiary/aromatic N) is 1. The molecule has 1 aromatic carbocycles. The molecule has 0 fully saturated rings. The van der Waals surface area contributed by atoms with Gasteiger partial charge in [0.2, 0.25) is 0 Å². The largest absolute Gasteiger partial charge is 0.265 e. The van der Waals surface area contributed by atoms with Gasteiger partial charge in [-0.05, 0) is 34.1 Å². The molecule has 9 heteroatoms. The van der Waals surface area contributed by atoms with Gasteiger partial charge in [-0.1, -0.05) is 22.9 Å². The van der Waals surface area contributed by atoms with Gasteiger partial charge >= 0.3 is 0 Å². The molecule has 0 aliphatic heterocycles. The van der Waals surface area contributed by atoms with E-state index in [1.54, 1.807) is 0 Å². The molecule has 0 aliphatic carbocycles. The van der Waals surface area contributed by atoms with Crippen molar-refractivity contribution in [2.24, 2.45) is 0 Å². The van der Waals surface area contributed by atoms with Crippen LogP contribution in [-0.4, -0.2) is 13.4 Å². The fourth-order valence-corrected chi connectivity index (χ4v) is 4.02. The van der Waals surface area contributed by atoms with Crippen molar-refractivity contribution in [2.75, 3.05) is 4.72 Å². The zero-order chi connectivity index (χ0) is 13.3. The molecule has 1 N–H and O–H groups in total. The van der Waals surface area contributed by atoms with Crippen LogP contribution >= 0.6 is 38.9 Å². The number of sulfonamides is 1. The number of thiazole rings is 1. The third-order valence-electron chi connectivity index (χ3n) is 1.88. The Balaban J connectivity index is 2.39. The minimum absolute atomic E-state index is 0.0560. The van der Waals surface area contributed by atoms with Crippen molar-refractivity contribution in [3.05, 3.63) is 39.0 Å². The Kier molecular flexibility index (Phi) is 3.90. The summed E-state index contributed by atoms with van der Waals surface area (Å²) in [6.45, 7) is 0. The Bertz CT molecular complexity index is 690. The van der Waals surface area contributed by atoms with E-state index < -0.39 is 15.8 Å². The smallest absolute Gasteiger partial charge is 0.255 e. The van der Waals surface area contributed by atoms with Crippen LogP contribution in [0, 0.1) is 5.82 Å². The second kappa shape index (κ2) is 5.12. The van der Waals surface area contributed by atoms with Gasteiger partial charge in [-0.25, -0.2) is 17.8 Å². The maximum atomic E-state index is 13.0. The molecule has 0 amide bonds. The highest BCUT2D eigenvalue weighted by atomic mass is 79.9. The van der Waals surface area contributed by atoms with E-state index in [1.165, 1.54) is 12.3 Å². The van der Waals surface area contributed by atoms with E-state index >= 15 is 0 Å². The summed E-state index contributed by atoms with van der Waals surface area (Å²) < 4.78 is 39.9. The first-order chi connectivity index (χ1) is 8.38. The van der Waals surface area contributed by atoms with E-state index in [2.05, 4.69) is 25.6 Å². The van der Waals surface area contributed by atoms with Gasteiger partial charge < -0.3 is 0 Å². The fraction of sp³-hybridized carbons (Fsp3) is 0. The third-order valence-corrected chi connectivity index (χ3v) is 5.22. The van der Waals surface area contributed by atoms with Crippen LogP contribution in [0.15, 0.2) is 33.1 Å². The maximum absolute atomic E-state index is 13.0. The molecule has 2 aromatic rings. The predicted octanol–water partition coefficient (Wildman–Crippen LogP) is 3.50.